The number of hydrogen-bond acceptors (Lipinski definition) is 2. The van der Waals surface area contributed by atoms with Crippen molar-refractivity contribution in [3.8, 4) is 5.75 Å². The minimum Gasteiger partial charge on any atom is -0.496 e. The number of halogens is 1. The summed E-state index contributed by atoms with van der Waals surface area (Å²) in [7, 11) is 1.72. The number of hydrogen-bond donors (Lipinski definition) is 0. The van der Waals surface area contributed by atoms with Crippen LogP contribution < -0.4 is 4.74 Å². The van der Waals surface area contributed by atoms with Crippen LogP contribution >= 0.6 is 11.6 Å². The van der Waals surface area contributed by atoms with Gasteiger partial charge < -0.3 is 9.47 Å². The molecule has 2 rings (SSSR count). The van der Waals surface area contributed by atoms with Gasteiger partial charge in [-0.05, 0) is 37.5 Å². The molecule has 0 unspecified atom stereocenters. The van der Waals surface area contributed by atoms with Gasteiger partial charge in [0.05, 0.1) is 20.3 Å². The summed E-state index contributed by atoms with van der Waals surface area (Å²) in [6.07, 6.45) is 0. The van der Waals surface area contributed by atoms with Crippen molar-refractivity contribution in [1.29, 1.82) is 0 Å². The van der Waals surface area contributed by atoms with Crippen LogP contribution in [0.4, 0.5) is 0 Å². The van der Waals surface area contributed by atoms with Gasteiger partial charge in [0, 0.05) is 16.0 Å². The minimum atomic E-state index is 0.0392. The molecule has 1 aromatic rings. The molecule has 2 nitrogen and oxygen atoms in total. The summed E-state index contributed by atoms with van der Waals surface area (Å²) in [5.74, 6) is 0.968. The number of rotatable bonds is 2. The second-order valence-electron chi connectivity index (χ2n) is 5.15. The Bertz CT molecular complexity index is 462. The summed E-state index contributed by atoms with van der Waals surface area (Å²) in [5, 5.41) is 0.853. The van der Waals surface area contributed by atoms with Crippen molar-refractivity contribution in [3.05, 3.63) is 27.3 Å². The summed E-state index contributed by atoms with van der Waals surface area (Å²) in [6, 6.07) is 0. The summed E-state index contributed by atoms with van der Waals surface area (Å²) >= 11 is 6.41. The van der Waals surface area contributed by atoms with Crippen molar-refractivity contribution in [3.63, 3.8) is 0 Å². The Morgan fingerprint density at radius 2 is 1.71 bits per heavy atom. The van der Waals surface area contributed by atoms with Gasteiger partial charge >= 0.3 is 0 Å². The van der Waals surface area contributed by atoms with E-state index in [0.29, 0.717) is 0 Å². The topological polar surface area (TPSA) is 18.5 Å². The molecule has 1 aliphatic heterocycles. The van der Waals surface area contributed by atoms with E-state index in [-0.39, 0.29) is 5.41 Å². The Balaban J connectivity index is 2.72. The third-order valence-corrected chi connectivity index (χ3v) is 4.38. The summed E-state index contributed by atoms with van der Waals surface area (Å²) in [5.41, 5.74) is 4.61. The van der Waals surface area contributed by atoms with Crippen LogP contribution in [0.2, 0.25) is 5.02 Å². The third kappa shape index (κ3) is 1.74. The average Bonchev–Trinajstić information content (AvgIpc) is 2.28. The Kier molecular flexibility index (Phi) is 3.13. The Morgan fingerprint density at radius 1 is 1.12 bits per heavy atom. The zero-order valence-electron chi connectivity index (χ0n) is 11.1. The summed E-state index contributed by atoms with van der Waals surface area (Å²) < 4.78 is 11.0. The maximum absolute atomic E-state index is 6.41. The molecule has 0 aromatic heterocycles. The standard InChI is InChI=1S/C14H19ClO2/c1-8-9(2)13(16-5)11(10(3)12(8)15)14(4)6-17-7-14/h6-7H2,1-5H3. The molecule has 1 saturated heterocycles. The first kappa shape index (κ1) is 12.7. The fourth-order valence-electron chi connectivity index (χ4n) is 2.62. The van der Waals surface area contributed by atoms with Gasteiger partial charge in [-0.1, -0.05) is 18.5 Å². The van der Waals surface area contributed by atoms with Crippen LogP contribution in [-0.2, 0) is 10.2 Å². The van der Waals surface area contributed by atoms with Gasteiger partial charge in [-0.25, -0.2) is 0 Å². The van der Waals surface area contributed by atoms with Crippen molar-refractivity contribution < 1.29 is 9.47 Å². The maximum Gasteiger partial charge on any atom is 0.126 e. The first-order chi connectivity index (χ1) is 7.92. The lowest BCUT2D eigenvalue weighted by Crippen LogP contribution is -2.44. The van der Waals surface area contributed by atoms with Gasteiger partial charge in [0.25, 0.3) is 0 Å². The highest BCUT2D eigenvalue weighted by Crippen LogP contribution is 2.45. The predicted octanol–water partition coefficient (Wildman–Crippen LogP) is 3.56. The number of ether oxygens (including phenoxy) is 2. The van der Waals surface area contributed by atoms with Crippen LogP contribution in [0.3, 0.4) is 0 Å². The van der Waals surface area contributed by atoms with E-state index in [2.05, 4.69) is 20.8 Å². The zero-order valence-corrected chi connectivity index (χ0v) is 11.9. The summed E-state index contributed by atoms with van der Waals surface area (Å²) in [4.78, 5) is 0. The zero-order chi connectivity index (χ0) is 12.8. The van der Waals surface area contributed by atoms with Gasteiger partial charge in [0.15, 0.2) is 0 Å². The molecule has 0 bridgehead atoms. The Hall–Kier alpha value is -0.730. The molecule has 1 aromatic carbocycles. The largest absolute Gasteiger partial charge is 0.496 e. The molecule has 0 N–H and O–H groups in total. The second-order valence-corrected chi connectivity index (χ2v) is 5.53. The van der Waals surface area contributed by atoms with Gasteiger partial charge in [-0.3, -0.25) is 0 Å². The second kappa shape index (κ2) is 4.18. The van der Waals surface area contributed by atoms with E-state index < -0.39 is 0 Å². The molecule has 0 spiro atoms. The lowest BCUT2D eigenvalue weighted by Gasteiger charge is -2.41. The third-order valence-electron chi connectivity index (χ3n) is 3.81. The quantitative estimate of drug-likeness (QED) is 0.804. The van der Waals surface area contributed by atoms with Crippen molar-refractivity contribution in [2.45, 2.75) is 33.1 Å². The molecule has 1 aliphatic rings. The normalized spacial score (nSPS) is 17.8. The molecule has 0 radical (unpaired) electrons. The predicted molar refractivity (Wildman–Crippen MR) is 70.4 cm³/mol. The van der Waals surface area contributed by atoms with Gasteiger partial charge in [0.1, 0.15) is 5.75 Å². The highest BCUT2D eigenvalue weighted by molar-refractivity contribution is 6.32. The van der Waals surface area contributed by atoms with Crippen LogP contribution in [0, 0.1) is 20.8 Å². The van der Waals surface area contributed by atoms with E-state index in [0.717, 1.165) is 40.7 Å². The fourth-order valence-corrected chi connectivity index (χ4v) is 2.85. The molecule has 3 heteroatoms. The van der Waals surface area contributed by atoms with E-state index in [1.54, 1.807) is 7.11 Å². The van der Waals surface area contributed by atoms with Crippen molar-refractivity contribution in [2.75, 3.05) is 20.3 Å². The van der Waals surface area contributed by atoms with Crippen molar-refractivity contribution in [1.82, 2.24) is 0 Å². The molecular weight excluding hydrogens is 236 g/mol. The number of methoxy groups -OCH3 is 1. The van der Waals surface area contributed by atoms with E-state index in [4.69, 9.17) is 21.1 Å². The average molecular weight is 255 g/mol. The molecule has 1 heterocycles. The fraction of sp³-hybridized carbons (Fsp3) is 0.571. The molecule has 0 amide bonds. The van der Waals surface area contributed by atoms with Gasteiger partial charge in [0.2, 0.25) is 0 Å². The van der Waals surface area contributed by atoms with E-state index in [1.807, 2.05) is 6.92 Å². The van der Waals surface area contributed by atoms with Crippen molar-refractivity contribution in [2.24, 2.45) is 0 Å². The highest BCUT2D eigenvalue weighted by Gasteiger charge is 2.40. The van der Waals surface area contributed by atoms with E-state index >= 15 is 0 Å². The molecular formula is C14H19ClO2. The minimum absolute atomic E-state index is 0.0392. The Labute approximate surface area is 108 Å². The first-order valence-electron chi connectivity index (χ1n) is 5.84. The lowest BCUT2D eigenvalue weighted by molar-refractivity contribution is -0.0512. The molecule has 1 fully saturated rings. The monoisotopic (exact) mass is 254 g/mol. The van der Waals surface area contributed by atoms with Crippen LogP contribution in [-0.4, -0.2) is 20.3 Å². The summed E-state index contributed by atoms with van der Waals surface area (Å²) in [6.45, 7) is 9.84. The van der Waals surface area contributed by atoms with E-state index in [1.165, 1.54) is 5.56 Å². The molecule has 0 aliphatic carbocycles. The SMILES string of the molecule is COc1c(C)c(C)c(Cl)c(C)c1C1(C)COC1. The molecule has 0 saturated carbocycles. The van der Waals surface area contributed by atoms with Gasteiger partial charge in [-0.2, -0.15) is 0 Å². The smallest absolute Gasteiger partial charge is 0.126 e. The first-order valence-corrected chi connectivity index (χ1v) is 6.21. The van der Waals surface area contributed by atoms with Crippen LogP contribution in [0.1, 0.15) is 29.2 Å². The lowest BCUT2D eigenvalue weighted by atomic mass is 9.76. The Morgan fingerprint density at radius 3 is 2.12 bits per heavy atom. The molecule has 17 heavy (non-hydrogen) atoms. The maximum atomic E-state index is 6.41. The van der Waals surface area contributed by atoms with Crippen LogP contribution in [0.5, 0.6) is 5.75 Å². The van der Waals surface area contributed by atoms with Crippen molar-refractivity contribution >= 4 is 11.6 Å². The highest BCUT2D eigenvalue weighted by atomic mass is 35.5. The van der Waals surface area contributed by atoms with Gasteiger partial charge in [-0.15, -0.1) is 0 Å². The molecule has 94 valence electrons. The van der Waals surface area contributed by atoms with E-state index in [9.17, 15) is 0 Å². The number of benzene rings is 1. The van der Waals surface area contributed by atoms with Crippen LogP contribution in [0.25, 0.3) is 0 Å². The molecule has 0 atom stereocenters. The van der Waals surface area contributed by atoms with Crippen LogP contribution in [0.15, 0.2) is 0 Å².